The normalized spacial score (nSPS) is 11.4. The largest absolute Gasteiger partial charge is 0.465 e. The van der Waals surface area contributed by atoms with Crippen molar-refractivity contribution >= 4 is 18.2 Å². The third-order valence-electron chi connectivity index (χ3n) is 3.76. The van der Waals surface area contributed by atoms with E-state index >= 15 is 0 Å². The van der Waals surface area contributed by atoms with Gasteiger partial charge in [0.05, 0.1) is 12.0 Å². The Balaban J connectivity index is 1.61. The molecule has 0 unspecified atom stereocenters. The molecule has 0 bridgehead atoms. The van der Waals surface area contributed by atoms with Crippen LogP contribution in [0.2, 0.25) is 0 Å². The van der Waals surface area contributed by atoms with Crippen molar-refractivity contribution in [3.8, 4) is 11.3 Å². The lowest BCUT2D eigenvalue weighted by atomic mass is 10.0. The van der Waals surface area contributed by atoms with E-state index in [9.17, 15) is 4.79 Å². The highest BCUT2D eigenvalue weighted by atomic mass is 16.3. The van der Waals surface area contributed by atoms with E-state index in [4.69, 9.17) is 4.42 Å². The summed E-state index contributed by atoms with van der Waals surface area (Å²) in [5.74, 6) is 0.356. The van der Waals surface area contributed by atoms with E-state index in [-0.39, 0.29) is 5.91 Å². The molecule has 0 saturated heterocycles. The molecule has 25 heavy (non-hydrogen) atoms. The number of amides is 1. The van der Waals surface area contributed by atoms with Gasteiger partial charge in [-0.15, -0.1) is 0 Å². The van der Waals surface area contributed by atoms with E-state index in [0.717, 1.165) is 11.3 Å². The molecule has 6 nitrogen and oxygen atoms in total. The maximum atomic E-state index is 12.1. The van der Waals surface area contributed by atoms with E-state index in [0.29, 0.717) is 11.5 Å². The molecule has 0 aliphatic carbocycles. The third kappa shape index (κ3) is 4.11. The van der Waals surface area contributed by atoms with Gasteiger partial charge in [-0.2, -0.15) is 10.2 Å². The number of carbonyl (C=O) groups excluding carboxylic acids is 1. The van der Waals surface area contributed by atoms with Crippen molar-refractivity contribution < 1.29 is 9.21 Å². The van der Waals surface area contributed by atoms with Crippen molar-refractivity contribution in [2.75, 3.05) is 0 Å². The number of nitrogens with zero attached hydrogens (tertiary/aromatic N) is 2. The van der Waals surface area contributed by atoms with Crippen LogP contribution < -0.4 is 5.43 Å². The molecule has 0 aliphatic rings. The van der Waals surface area contributed by atoms with Crippen LogP contribution in [-0.2, 0) is 0 Å². The lowest BCUT2D eigenvalue weighted by Gasteiger charge is -2.01. The maximum Gasteiger partial charge on any atom is 0.289 e. The van der Waals surface area contributed by atoms with Gasteiger partial charge in [0, 0.05) is 11.8 Å². The van der Waals surface area contributed by atoms with Gasteiger partial charge in [0.1, 0.15) is 11.5 Å². The molecule has 2 N–H and O–H groups in total. The van der Waals surface area contributed by atoms with Crippen molar-refractivity contribution in [3.63, 3.8) is 0 Å². The van der Waals surface area contributed by atoms with E-state index in [1.807, 2.05) is 31.2 Å². The van der Waals surface area contributed by atoms with E-state index in [2.05, 4.69) is 27.6 Å². The zero-order valence-corrected chi connectivity index (χ0v) is 14.0. The van der Waals surface area contributed by atoms with E-state index in [1.165, 1.54) is 17.3 Å². The SMILES string of the molecule is Cc1ccc(-c2cc(C(=O)N/N=C/C=C/c3ccco3)[nH]n2)cc1C. The predicted octanol–water partition coefficient (Wildman–Crippen LogP) is 3.72. The molecule has 0 atom stereocenters. The van der Waals surface area contributed by atoms with Crippen LogP contribution in [0.25, 0.3) is 17.3 Å². The Labute approximate surface area is 145 Å². The van der Waals surface area contributed by atoms with Crippen LogP contribution in [0, 0.1) is 13.8 Å². The Bertz CT molecular complexity index is 921. The second kappa shape index (κ2) is 7.44. The lowest BCUT2D eigenvalue weighted by Crippen LogP contribution is -2.17. The van der Waals surface area contributed by atoms with Crippen LogP contribution in [0.3, 0.4) is 0 Å². The zero-order valence-electron chi connectivity index (χ0n) is 14.0. The maximum absolute atomic E-state index is 12.1. The Hall–Kier alpha value is -3.41. The topological polar surface area (TPSA) is 83.3 Å². The average Bonchev–Trinajstić information content (AvgIpc) is 3.28. The minimum absolute atomic E-state index is 0.348. The summed E-state index contributed by atoms with van der Waals surface area (Å²) in [6.07, 6.45) is 6.47. The second-order valence-corrected chi connectivity index (χ2v) is 5.56. The highest BCUT2D eigenvalue weighted by Crippen LogP contribution is 2.20. The molecule has 6 heteroatoms. The van der Waals surface area contributed by atoms with Crippen LogP contribution in [0.5, 0.6) is 0 Å². The van der Waals surface area contributed by atoms with Crippen LogP contribution in [-0.4, -0.2) is 22.3 Å². The molecule has 3 aromatic rings. The second-order valence-electron chi connectivity index (χ2n) is 5.56. The molecule has 0 radical (unpaired) electrons. The number of aromatic nitrogens is 2. The van der Waals surface area contributed by atoms with Gasteiger partial charge in [0.15, 0.2) is 0 Å². The van der Waals surface area contributed by atoms with Gasteiger partial charge in [-0.05, 0) is 61.4 Å². The Kier molecular flexibility index (Phi) is 4.89. The first-order valence-electron chi connectivity index (χ1n) is 7.80. The number of aryl methyl sites for hydroxylation is 2. The molecule has 0 aliphatic heterocycles. The highest BCUT2D eigenvalue weighted by molar-refractivity contribution is 5.93. The van der Waals surface area contributed by atoms with Crippen molar-refractivity contribution in [2.45, 2.75) is 13.8 Å². The summed E-state index contributed by atoms with van der Waals surface area (Å²) in [7, 11) is 0. The molecule has 1 aromatic carbocycles. The number of hydrogen-bond acceptors (Lipinski definition) is 4. The quantitative estimate of drug-likeness (QED) is 0.551. The van der Waals surface area contributed by atoms with Gasteiger partial charge >= 0.3 is 0 Å². The van der Waals surface area contributed by atoms with Gasteiger partial charge in [-0.1, -0.05) is 12.1 Å². The summed E-state index contributed by atoms with van der Waals surface area (Å²) in [6, 6.07) is 11.4. The number of nitrogens with one attached hydrogen (secondary N) is 2. The van der Waals surface area contributed by atoms with Crippen molar-refractivity contribution in [1.29, 1.82) is 0 Å². The van der Waals surface area contributed by atoms with Gasteiger partial charge in [-0.3, -0.25) is 9.89 Å². The molecule has 0 fully saturated rings. The van der Waals surface area contributed by atoms with Crippen molar-refractivity contribution in [1.82, 2.24) is 15.6 Å². The first-order valence-corrected chi connectivity index (χ1v) is 7.80. The lowest BCUT2D eigenvalue weighted by molar-refractivity contribution is 0.0950. The summed E-state index contributed by atoms with van der Waals surface area (Å²) in [4.78, 5) is 12.1. The van der Waals surface area contributed by atoms with Gasteiger partial charge in [0.25, 0.3) is 5.91 Å². The summed E-state index contributed by atoms with van der Waals surface area (Å²) < 4.78 is 5.14. The average molecular weight is 334 g/mol. The fraction of sp³-hybridized carbons (Fsp3) is 0.105. The fourth-order valence-electron chi connectivity index (χ4n) is 2.21. The first kappa shape index (κ1) is 16.4. The Morgan fingerprint density at radius 3 is 2.88 bits per heavy atom. The van der Waals surface area contributed by atoms with Crippen LogP contribution in [0.15, 0.2) is 58.3 Å². The van der Waals surface area contributed by atoms with Gasteiger partial charge in [-0.25, -0.2) is 5.43 Å². The number of H-pyrrole nitrogens is 1. The highest BCUT2D eigenvalue weighted by Gasteiger charge is 2.10. The molecule has 0 spiro atoms. The van der Waals surface area contributed by atoms with Crippen molar-refractivity contribution in [3.05, 3.63) is 71.3 Å². The van der Waals surface area contributed by atoms with E-state index < -0.39 is 0 Å². The molecule has 2 aromatic heterocycles. The smallest absolute Gasteiger partial charge is 0.289 e. The molecule has 3 rings (SSSR count). The van der Waals surface area contributed by atoms with E-state index in [1.54, 1.807) is 30.5 Å². The monoisotopic (exact) mass is 334 g/mol. The summed E-state index contributed by atoms with van der Waals surface area (Å²) in [5.41, 5.74) is 6.87. The summed E-state index contributed by atoms with van der Waals surface area (Å²) in [5, 5.41) is 10.8. The van der Waals surface area contributed by atoms with Crippen LogP contribution in [0.1, 0.15) is 27.4 Å². The summed E-state index contributed by atoms with van der Waals surface area (Å²) in [6.45, 7) is 4.10. The molecular weight excluding hydrogens is 316 g/mol. The molecule has 2 heterocycles. The minimum Gasteiger partial charge on any atom is -0.465 e. The van der Waals surface area contributed by atoms with Crippen LogP contribution in [0.4, 0.5) is 0 Å². The Morgan fingerprint density at radius 2 is 2.12 bits per heavy atom. The molecule has 126 valence electrons. The number of carbonyl (C=O) groups is 1. The van der Waals surface area contributed by atoms with Crippen LogP contribution >= 0.6 is 0 Å². The first-order chi connectivity index (χ1) is 12.1. The molecule has 1 amide bonds. The fourth-order valence-corrected chi connectivity index (χ4v) is 2.21. The number of rotatable bonds is 5. The zero-order chi connectivity index (χ0) is 17.6. The van der Waals surface area contributed by atoms with Gasteiger partial charge < -0.3 is 4.42 Å². The van der Waals surface area contributed by atoms with Crippen molar-refractivity contribution in [2.24, 2.45) is 5.10 Å². The standard InChI is InChI=1S/C19H18N4O2/c1-13-7-8-15(11-14(13)2)17-12-18(22-21-17)19(24)23-20-9-3-5-16-6-4-10-25-16/h3-12H,1-2H3,(H,21,22)(H,23,24)/b5-3+,20-9+. The minimum atomic E-state index is -0.356. The number of allylic oxidation sites excluding steroid dienone is 1. The number of aromatic amines is 1. The number of hydrazone groups is 1. The number of benzene rings is 1. The summed E-state index contributed by atoms with van der Waals surface area (Å²) >= 11 is 0. The molecular formula is C19H18N4O2. The Morgan fingerprint density at radius 1 is 1.24 bits per heavy atom. The van der Waals surface area contributed by atoms with Gasteiger partial charge in [0.2, 0.25) is 0 Å². The third-order valence-corrected chi connectivity index (χ3v) is 3.76. The predicted molar refractivity (Wildman–Crippen MR) is 97.2 cm³/mol. The molecule has 0 saturated carbocycles. The number of hydrogen-bond donors (Lipinski definition) is 2. The number of furan rings is 1.